The third kappa shape index (κ3) is 4.33. The van der Waals surface area contributed by atoms with Gasteiger partial charge >= 0.3 is 0 Å². The van der Waals surface area contributed by atoms with Crippen molar-refractivity contribution in [1.29, 1.82) is 0 Å². The first-order chi connectivity index (χ1) is 13.7. The first-order valence-corrected chi connectivity index (χ1v) is 9.77. The van der Waals surface area contributed by atoms with Gasteiger partial charge in [-0.05, 0) is 35.9 Å². The molecule has 2 aromatic carbocycles. The molecule has 29 heavy (non-hydrogen) atoms. The molecule has 0 aliphatic heterocycles. The Morgan fingerprint density at radius 3 is 2.52 bits per heavy atom. The lowest BCUT2D eigenvalue weighted by Crippen LogP contribution is -2.22. The SMILES string of the molecule is COc1ccccc1N/N=C1/C=Cc2cc(S(=O)(=O)O)cc(NC(C)=O)c2C1=O. The van der Waals surface area contributed by atoms with Crippen LogP contribution in [0.1, 0.15) is 22.8 Å². The summed E-state index contributed by atoms with van der Waals surface area (Å²) in [6, 6.07) is 9.17. The van der Waals surface area contributed by atoms with Gasteiger partial charge in [-0.25, -0.2) is 0 Å². The van der Waals surface area contributed by atoms with E-state index in [0.717, 1.165) is 12.1 Å². The Hall–Kier alpha value is -3.50. The van der Waals surface area contributed by atoms with E-state index in [-0.39, 0.29) is 22.5 Å². The number of nitrogens with one attached hydrogen (secondary N) is 2. The zero-order valence-electron chi connectivity index (χ0n) is 15.5. The zero-order valence-corrected chi connectivity index (χ0v) is 16.3. The number of allylic oxidation sites excluding steroid dienone is 1. The Kier molecular flexibility index (Phi) is 5.48. The summed E-state index contributed by atoms with van der Waals surface area (Å²) in [5.74, 6) is -0.510. The number of ketones is 1. The predicted octanol–water partition coefficient (Wildman–Crippen LogP) is 2.58. The second kappa shape index (κ2) is 7.86. The number of anilines is 2. The minimum Gasteiger partial charge on any atom is -0.495 e. The molecule has 1 amide bonds. The Morgan fingerprint density at radius 2 is 1.86 bits per heavy atom. The number of carbonyl (C=O) groups excluding carboxylic acids is 2. The van der Waals surface area contributed by atoms with Gasteiger partial charge in [0, 0.05) is 6.92 Å². The van der Waals surface area contributed by atoms with Crippen LogP contribution in [0, 0.1) is 0 Å². The summed E-state index contributed by atoms with van der Waals surface area (Å²) in [6.45, 7) is 1.22. The van der Waals surface area contributed by atoms with E-state index in [9.17, 15) is 22.6 Å². The van der Waals surface area contributed by atoms with Crippen molar-refractivity contribution in [2.45, 2.75) is 11.8 Å². The van der Waals surface area contributed by atoms with E-state index < -0.39 is 26.7 Å². The van der Waals surface area contributed by atoms with Gasteiger partial charge in [-0.3, -0.25) is 19.6 Å². The van der Waals surface area contributed by atoms with Gasteiger partial charge in [0.15, 0.2) is 0 Å². The van der Waals surface area contributed by atoms with Crippen LogP contribution in [0.25, 0.3) is 6.08 Å². The molecule has 0 saturated carbocycles. The lowest BCUT2D eigenvalue weighted by molar-refractivity contribution is -0.114. The van der Waals surface area contributed by atoms with Crippen LogP contribution in [0.5, 0.6) is 5.75 Å². The van der Waals surface area contributed by atoms with Crippen LogP contribution in [0.3, 0.4) is 0 Å². The molecule has 150 valence electrons. The number of ether oxygens (including phenoxy) is 1. The number of methoxy groups -OCH3 is 1. The molecule has 0 heterocycles. The molecule has 1 aliphatic rings. The summed E-state index contributed by atoms with van der Waals surface area (Å²) in [4.78, 5) is 24.0. The topological polar surface area (TPSA) is 134 Å². The number of hydrogen-bond acceptors (Lipinski definition) is 7. The Labute approximate surface area is 166 Å². The number of fused-ring (bicyclic) bond motifs is 1. The maximum Gasteiger partial charge on any atom is 0.294 e. The minimum absolute atomic E-state index is 0.0367. The lowest BCUT2D eigenvalue weighted by Gasteiger charge is -2.17. The second-order valence-corrected chi connectivity index (χ2v) is 7.48. The van der Waals surface area contributed by atoms with E-state index in [1.165, 1.54) is 26.2 Å². The largest absolute Gasteiger partial charge is 0.495 e. The zero-order chi connectivity index (χ0) is 21.2. The summed E-state index contributed by atoms with van der Waals surface area (Å²) in [5.41, 5.74) is 3.59. The monoisotopic (exact) mass is 415 g/mol. The lowest BCUT2D eigenvalue weighted by atomic mass is 9.93. The van der Waals surface area contributed by atoms with Gasteiger partial charge < -0.3 is 10.1 Å². The minimum atomic E-state index is -4.53. The Morgan fingerprint density at radius 1 is 1.14 bits per heavy atom. The van der Waals surface area contributed by atoms with E-state index in [0.29, 0.717) is 11.4 Å². The second-order valence-electron chi connectivity index (χ2n) is 6.06. The molecule has 2 aromatic rings. The summed E-state index contributed by atoms with van der Waals surface area (Å²) in [6.07, 6.45) is 2.87. The Balaban J connectivity index is 2.04. The number of hydrazone groups is 1. The van der Waals surface area contributed by atoms with Crippen molar-refractivity contribution in [3.8, 4) is 5.75 Å². The van der Waals surface area contributed by atoms with E-state index in [2.05, 4.69) is 15.8 Å². The highest BCUT2D eigenvalue weighted by Gasteiger charge is 2.26. The third-order valence-corrected chi connectivity index (χ3v) is 4.87. The predicted molar refractivity (Wildman–Crippen MR) is 108 cm³/mol. The molecule has 1 aliphatic carbocycles. The van der Waals surface area contributed by atoms with Gasteiger partial charge in [-0.2, -0.15) is 13.5 Å². The highest BCUT2D eigenvalue weighted by molar-refractivity contribution is 7.85. The molecule has 0 aromatic heterocycles. The maximum atomic E-state index is 12.9. The third-order valence-electron chi connectivity index (χ3n) is 4.04. The average Bonchev–Trinajstić information content (AvgIpc) is 2.66. The van der Waals surface area contributed by atoms with Crippen LogP contribution < -0.4 is 15.5 Å². The summed E-state index contributed by atoms with van der Waals surface area (Å²) in [5, 5.41) is 6.53. The molecule has 0 saturated heterocycles. The molecule has 3 rings (SSSR count). The van der Waals surface area contributed by atoms with Crippen LogP contribution >= 0.6 is 0 Å². The number of amides is 1. The number of rotatable bonds is 5. The van der Waals surface area contributed by atoms with Gasteiger partial charge in [0.05, 0.1) is 28.9 Å². The normalized spacial score (nSPS) is 14.4. The molecule has 0 spiro atoms. The van der Waals surface area contributed by atoms with Crippen LogP contribution in [0.4, 0.5) is 11.4 Å². The van der Waals surface area contributed by atoms with Gasteiger partial charge in [0.1, 0.15) is 11.5 Å². The molecule has 9 nitrogen and oxygen atoms in total. The van der Waals surface area contributed by atoms with Crippen LogP contribution in [-0.2, 0) is 14.9 Å². The summed E-state index contributed by atoms with van der Waals surface area (Å²) >= 11 is 0. The van der Waals surface area contributed by atoms with Crippen LogP contribution in [-0.4, -0.2) is 37.5 Å². The fraction of sp³-hybridized carbons (Fsp3) is 0.105. The summed E-state index contributed by atoms with van der Waals surface area (Å²) in [7, 11) is -3.03. The van der Waals surface area contributed by atoms with Gasteiger partial charge in [0.25, 0.3) is 10.1 Å². The number of hydrogen-bond donors (Lipinski definition) is 3. The highest BCUT2D eigenvalue weighted by Crippen LogP contribution is 2.30. The van der Waals surface area contributed by atoms with Gasteiger partial charge in [0.2, 0.25) is 11.7 Å². The van der Waals surface area contributed by atoms with E-state index in [4.69, 9.17) is 4.74 Å². The molecule has 0 atom stereocenters. The van der Waals surface area contributed by atoms with Crippen molar-refractivity contribution in [2.24, 2.45) is 5.10 Å². The number of Topliss-reactive ketones (excluding diaryl/α,β-unsaturated/α-hetero) is 1. The first kappa shape index (κ1) is 20.2. The molecule has 10 heteroatoms. The average molecular weight is 415 g/mol. The maximum absolute atomic E-state index is 12.9. The molecule has 0 unspecified atom stereocenters. The highest BCUT2D eigenvalue weighted by atomic mass is 32.2. The molecule has 0 bridgehead atoms. The smallest absolute Gasteiger partial charge is 0.294 e. The Bertz CT molecular complexity index is 1170. The van der Waals surface area contributed by atoms with E-state index in [1.54, 1.807) is 24.3 Å². The van der Waals surface area contributed by atoms with Gasteiger partial charge in [-0.15, -0.1) is 0 Å². The van der Waals surface area contributed by atoms with E-state index in [1.807, 2.05) is 0 Å². The fourth-order valence-electron chi connectivity index (χ4n) is 2.78. The molecule has 0 radical (unpaired) electrons. The molecule has 3 N–H and O–H groups in total. The van der Waals surface area contributed by atoms with Crippen molar-refractivity contribution in [1.82, 2.24) is 0 Å². The first-order valence-electron chi connectivity index (χ1n) is 8.33. The van der Waals surface area contributed by atoms with Crippen molar-refractivity contribution < 1.29 is 27.3 Å². The van der Waals surface area contributed by atoms with Crippen molar-refractivity contribution >= 4 is 45.0 Å². The standard InChI is InChI=1S/C19H17N3O6S/c1-11(23)20-16-10-13(29(25,26)27)9-12-7-8-15(19(24)18(12)16)22-21-14-5-3-4-6-17(14)28-2/h3-10,21H,1-2H3,(H,20,23)(H,25,26,27)/b22-15-. The molecular weight excluding hydrogens is 398 g/mol. The van der Waals surface area contributed by atoms with Crippen LogP contribution in [0.2, 0.25) is 0 Å². The van der Waals surface area contributed by atoms with Crippen LogP contribution in [0.15, 0.2) is 52.5 Å². The molecule has 0 fully saturated rings. The number of carbonyl (C=O) groups is 2. The van der Waals surface area contributed by atoms with Crippen molar-refractivity contribution in [2.75, 3.05) is 17.9 Å². The van der Waals surface area contributed by atoms with Crippen molar-refractivity contribution in [3.63, 3.8) is 0 Å². The number of para-hydroxylation sites is 2. The number of benzene rings is 2. The van der Waals surface area contributed by atoms with E-state index >= 15 is 0 Å². The molecular formula is C19H17N3O6S. The summed E-state index contributed by atoms with van der Waals surface area (Å²) < 4.78 is 37.6. The number of nitrogens with zero attached hydrogens (tertiary/aromatic N) is 1. The fourth-order valence-corrected chi connectivity index (χ4v) is 3.32. The quantitative estimate of drug-likeness (QED) is 0.505. The van der Waals surface area contributed by atoms with Crippen molar-refractivity contribution in [3.05, 3.63) is 53.6 Å². The van der Waals surface area contributed by atoms with Gasteiger partial charge in [-0.1, -0.05) is 18.2 Å².